The highest BCUT2D eigenvalue weighted by atomic mass is 16.2. The summed E-state index contributed by atoms with van der Waals surface area (Å²) in [6, 6.07) is -0.282. The van der Waals surface area contributed by atoms with E-state index < -0.39 is 0 Å². The lowest BCUT2D eigenvalue weighted by Gasteiger charge is -2.43. The molecule has 2 amide bonds. The SMILES string of the molecule is CC(C)C(=O)N1CCC[C@@H]1C(=O)NCC(C)(C)N1CCC[C@@H](C)C1. The molecule has 0 aromatic carbocycles. The number of carbonyl (C=O) groups is 2. The molecule has 0 aromatic rings. The third kappa shape index (κ3) is 4.50. The van der Waals surface area contributed by atoms with Crippen molar-refractivity contribution in [2.24, 2.45) is 11.8 Å². The van der Waals surface area contributed by atoms with Crippen molar-refractivity contribution < 1.29 is 9.59 Å². The van der Waals surface area contributed by atoms with Crippen LogP contribution in [0.25, 0.3) is 0 Å². The third-order valence-electron chi connectivity index (χ3n) is 5.54. The molecule has 2 atom stereocenters. The fourth-order valence-corrected chi connectivity index (χ4v) is 3.91. The first-order valence-corrected chi connectivity index (χ1v) is 9.55. The van der Waals surface area contributed by atoms with Gasteiger partial charge in [-0.2, -0.15) is 0 Å². The van der Waals surface area contributed by atoms with Crippen molar-refractivity contribution in [3.63, 3.8) is 0 Å². The molecule has 2 fully saturated rings. The summed E-state index contributed by atoms with van der Waals surface area (Å²) in [4.78, 5) is 29.2. The second-order valence-electron chi connectivity index (χ2n) is 8.57. The van der Waals surface area contributed by atoms with E-state index in [1.54, 1.807) is 4.90 Å². The molecule has 24 heavy (non-hydrogen) atoms. The van der Waals surface area contributed by atoms with E-state index in [0.717, 1.165) is 31.8 Å². The van der Waals surface area contributed by atoms with Gasteiger partial charge in [-0.05, 0) is 52.0 Å². The predicted octanol–water partition coefficient (Wildman–Crippen LogP) is 2.26. The van der Waals surface area contributed by atoms with Crippen LogP contribution in [0.15, 0.2) is 0 Å². The van der Waals surface area contributed by atoms with Gasteiger partial charge in [0.25, 0.3) is 0 Å². The lowest BCUT2D eigenvalue weighted by Crippen LogP contribution is -2.56. The zero-order chi connectivity index (χ0) is 17.9. The maximum Gasteiger partial charge on any atom is 0.242 e. The van der Waals surface area contributed by atoms with E-state index in [2.05, 4.69) is 31.0 Å². The number of nitrogens with one attached hydrogen (secondary N) is 1. The van der Waals surface area contributed by atoms with E-state index in [1.807, 2.05) is 13.8 Å². The number of amides is 2. The molecule has 138 valence electrons. The summed E-state index contributed by atoms with van der Waals surface area (Å²) in [6.07, 6.45) is 4.24. The number of carbonyl (C=O) groups excluding carboxylic acids is 2. The van der Waals surface area contributed by atoms with Gasteiger partial charge in [0.2, 0.25) is 11.8 Å². The molecule has 1 N–H and O–H groups in total. The Hall–Kier alpha value is -1.10. The van der Waals surface area contributed by atoms with Gasteiger partial charge in [-0.15, -0.1) is 0 Å². The molecular formula is C19H35N3O2. The van der Waals surface area contributed by atoms with Crippen LogP contribution in [-0.4, -0.2) is 59.4 Å². The van der Waals surface area contributed by atoms with Crippen LogP contribution in [0.3, 0.4) is 0 Å². The van der Waals surface area contributed by atoms with E-state index in [9.17, 15) is 9.59 Å². The molecule has 2 heterocycles. The van der Waals surface area contributed by atoms with Gasteiger partial charge in [0.15, 0.2) is 0 Å². The molecule has 5 heteroatoms. The van der Waals surface area contributed by atoms with Crippen molar-refractivity contribution in [2.75, 3.05) is 26.2 Å². The van der Waals surface area contributed by atoms with Crippen LogP contribution in [0, 0.1) is 11.8 Å². The first-order chi connectivity index (χ1) is 11.2. The van der Waals surface area contributed by atoms with Crippen LogP contribution in [0.4, 0.5) is 0 Å². The maximum atomic E-state index is 12.7. The number of hydrogen-bond acceptors (Lipinski definition) is 3. The lowest BCUT2D eigenvalue weighted by molar-refractivity contribution is -0.141. The van der Waals surface area contributed by atoms with Crippen LogP contribution in [0.5, 0.6) is 0 Å². The quantitative estimate of drug-likeness (QED) is 0.837. The van der Waals surface area contributed by atoms with Crippen molar-refractivity contribution in [1.82, 2.24) is 15.1 Å². The first kappa shape index (κ1) is 19.2. The van der Waals surface area contributed by atoms with Crippen molar-refractivity contribution in [3.05, 3.63) is 0 Å². The third-order valence-corrected chi connectivity index (χ3v) is 5.54. The van der Waals surface area contributed by atoms with Crippen molar-refractivity contribution in [1.29, 1.82) is 0 Å². The average molecular weight is 338 g/mol. The van der Waals surface area contributed by atoms with Crippen molar-refractivity contribution in [2.45, 2.75) is 71.9 Å². The molecule has 0 aliphatic carbocycles. The molecule has 2 aliphatic heterocycles. The van der Waals surface area contributed by atoms with Gasteiger partial charge in [-0.3, -0.25) is 14.5 Å². The fraction of sp³-hybridized carbons (Fsp3) is 0.895. The van der Waals surface area contributed by atoms with E-state index in [4.69, 9.17) is 0 Å². The molecule has 2 aliphatic rings. The zero-order valence-corrected chi connectivity index (χ0v) is 16.1. The van der Waals surface area contributed by atoms with Crippen LogP contribution < -0.4 is 5.32 Å². The first-order valence-electron chi connectivity index (χ1n) is 9.55. The summed E-state index contributed by atoms with van der Waals surface area (Å²) in [5.74, 6) is 0.781. The number of nitrogens with zero attached hydrogens (tertiary/aromatic N) is 2. The summed E-state index contributed by atoms with van der Waals surface area (Å²) in [5, 5.41) is 3.13. The van der Waals surface area contributed by atoms with E-state index in [0.29, 0.717) is 13.1 Å². The van der Waals surface area contributed by atoms with Gasteiger partial charge in [0.05, 0.1) is 0 Å². The van der Waals surface area contributed by atoms with E-state index in [1.165, 1.54) is 12.8 Å². The molecule has 0 aromatic heterocycles. The predicted molar refractivity (Wildman–Crippen MR) is 96.6 cm³/mol. The molecule has 0 saturated carbocycles. The van der Waals surface area contributed by atoms with Gasteiger partial charge in [-0.1, -0.05) is 20.8 Å². The molecule has 5 nitrogen and oxygen atoms in total. The molecule has 2 rings (SSSR count). The number of hydrogen-bond donors (Lipinski definition) is 1. The minimum absolute atomic E-state index is 0.0135. The largest absolute Gasteiger partial charge is 0.352 e. The molecule has 2 saturated heterocycles. The van der Waals surface area contributed by atoms with Gasteiger partial charge in [-0.25, -0.2) is 0 Å². The summed E-state index contributed by atoms with van der Waals surface area (Å²) < 4.78 is 0. The molecule has 0 radical (unpaired) electrons. The minimum Gasteiger partial charge on any atom is -0.352 e. The Bertz CT molecular complexity index is 462. The van der Waals surface area contributed by atoms with Gasteiger partial charge in [0, 0.05) is 31.1 Å². The van der Waals surface area contributed by atoms with E-state index >= 15 is 0 Å². The standard InChI is InChI=1S/C19H35N3O2/c1-14(2)18(24)22-11-7-9-16(22)17(23)20-13-19(4,5)21-10-6-8-15(3)12-21/h14-16H,6-13H2,1-5H3,(H,20,23)/t15-,16-/m1/s1. The summed E-state index contributed by atoms with van der Waals surface area (Å²) >= 11 is 0. The van der Waals surface area contributed by atoms with E-state index in [-0.39, 0.29) is 29.3 Å². The second kappa shape index (κ2) is 7.85. The maximum absolute atomic E-state index is 12.7. The van der Waals surface area contributed by atoms with Crippen LogP contribution in [0.1, 0.15) is 60.3 Å². The lowest BCUT2D eigenvalue weighted by atomic mass is 9.93. The molecule has 0 bridgehead atoms. The highest BCUT2D eigenvalue weighted by Gasteiger charge is 2.36. The highest BCUT2D eigenvalue weighted by Crippen LogP contribution is 2.24. The normalized spacial score (nSPS) is 26.0. The van der Waals surface area contributed by atoms with Gasteiger partial charge < -0.3 is 10.2 Å². The number of piperidine rings is 1. The van der Waals surface area contributed by atoms with Crippen molar-refractivity contribution in [3.8, 4) is 0 Å². The van der Waals surface area contributed by atoms with Crippen LogP contribution in [0.2, 0.25) is 0 Å². The Morgan fingerprint density at radius 1 is 1.17 bits per heavy atom. The Kier molecular flexibility index (Phi) is 6.29. The number of rotatable bonds is 5. The van der Waals surface area contributed by atoms with Crippen molar-refractivity contribution >= 4 is 11.8 Å². The molecule has 0 unspecified atom stereocenters. The molecule has 0 spiro atoms. The summed E-state index contributed by atoms with van der Waals surface area (Å²) in [6.45, 7) is 14.1. The summed E-state index contributed by atoms with van der Waals surface area (Å²) in [5.41, 5.74) is -0.0458. The van der Waals surface area contributed by atoms with Gasteiger partial charge in [0.1, 0.15) is 6.04 Å². The zero-order valence-electron chi connectivity index (χ0n) is 16.1. The Labute approximate surface area is 147 Å². The topological polar surface area (TPSA) is 52.7 Å². The fourth-order valence-electron chi connectivity index (χ4n) is 3.91. The van der Waals surface area contributed by atoms with Crippen LogP contribution >= 0.6 is 0 Å². The van der Waals surface area contributed by atoms with Gasteiger partial charge >= 0.3 is 0 Å². The van der Waals surface area contributed by atoms with Crippen LogP contribution in [-0.2, 0) is 9.59 Å². The average Bonchev–Trinajstić information content (AvgIpc) is 3.01. The highest BCUT2D eigenvalue weighted by molar-refractivity contribution is 5.88. The Morgan fingerprint density at radius 2 is 1.83 bits per heavy atom. The summed E-state index contributed by atoms with van der Waals surface area (Å²) in [7, 11) is 0. The second-order valence-corrected chi connectivity index (χ2v) is 8.57. The number of likely N-dealkylation sites (tertiary alicyclic amines) is 2. The smallest absolute Gasteiger partial charge is 0.242 e. The minimum atomic E-state index is -0.282. The Balaban J connectivity index is 1.90. The molecular weight excluding hydrogens is 302 g/mol. The monoisotopic (exact) mass is 337 g/mol. The Morgan fingerprint density at radius 3 is 2.46 bits per heavy atom.